The predicted molar refractivity (Wildman–Crippen MR) is 57.0 cm³/mol. The lowest BCUT2D eigenvalue weighted by molar-refractivity contribution is 0.318. The normalized spacial score (nSPS) is 11.7. The van der Waals surface area contributed by atoms with Crippen molar-refractivity contribution in [3.8, 4) is 0 Å². The molecule has 2 rings (SSSR count). The van der Waals surface area contributed by atoms with E-state index < -0.39 is 0 Å². The highest BCUT2D eigenvalue weighted by Gasteiger charge is 2.07. The third kappa shape index (κ3) is 2.25. The molecule has 0 saturated carbocycles. The second kappa shape index (κ2) is 4.57. The third-order valence-electron chi connectivity index (χ3n) is 2.19. The van der Waals surface area contributed by atoms with Crippen molar-refractivity contribution in [1.29, 1.82) is 0 Å². The quantitative estimate of drug-likeness (QED) is 0.471. The van der Waals surface area contributed by atoms with Gasteiger partial charge in [0.2, 0.25) is 0 Å². The highest BCUT2D eigenvalue weighted by Crippen LogP contribution is 2.07. The van der Waals surface area contributed by atoms with E-state index in [-0.39, 0.29) is 5.82 Å². The lowest BCUT2D eigenvalue weighted by Crippen LogP contribution is -2.06. The first-order valence-electron chi connectivity index (χ1n) is 4.74. The zero-order valence-electron chi connectivity index (χ0n) is 8.39. The maximum absolute atomic E-state index is 12.7. The Bertz CT molecular complexity index is 476. The highest BCUT2D eigenvalue weighted by atomic mass is 19.1. The number of hydrogen-bond donors (Lipinski definition) is 2. The van der Waals surface area contributed by atoms with Crippen LogP contribution in [0.2, 0.25) is 0 Å². The average molecular weight is 219 g/mol. The van der Waals surface area contributed by atoms with Crippen LogP contribution in [0.3, 0.4) is 0 Å². The first-order valence-corrected chi connectivity index (χ1v) is 4.74. The number of nitrogens with zero attached hydrogens (tertiary/aromatic N) is 2. The Morgan fingerprint density at radius 2 is 2.12 bits per heavy atom. The van der Waals surface area contributed by atoms with Gasteiger partial charge in [0.05, 0.1) is 12.1 Å². The van der Waals surface area contributed by atoms with Crippen molar-refractivity contribution in [2.24, 2.45) is 5.16 Å². The Morgan fingerprint density at radius 3 is 2.69 bits per heavy atom. The largest absolute Gasteiger partial charge is 0.411 e. The van der Waals surface area contributed by atoms with Crippen LogP contribution in [0.25, 0.3) is 0 Å². The predicted octanol–water partition coefficient (Wildman–Crippen LogP) is 1.97. The number of imidazole rings is 1. The van der Waals surface area contributed by atoms with Gasteiger partial charge in [-0.05, 0) is 17.7 Å². The van der Waals surface area contributed by atoms with E-state index in [1.165, 1.54) is 12.1 Å². The van der Waals surface area contributed by atoms with E-state index >= 15 is 0 Å². The summed E-state index contributed by atoms with van der Waals surface area (Å²) in [5, 5.41) is 12.1. The second-order valence-corrected chi connectivity index (χ2v) is 3.27. The van der Waals surface area contributed by atoms with Crippen molar-refractivity contribution < 1.29 is 9.60 Å². The summed E-state index contributed by atoms with van der Waals surface area (Å²) in [5.41, 5.74) is 1.11. The van der Waals surface area contributed by atoms with Crippen molar-refractivity contribution >= 4 is 5.71 Å². The van der Waals surface area contributed by atoms with E-state index in [4.69, 9.17) is 5.21 Å². The molecule has 0 aliphatic rings. The monoisotopic (exact) mass is 219 g/mol. The van der Waals surface area contributed by atoms with Crippen LogP contribution < -0.4 is 0 Å². The summed E-state index contributed by atoms with van der Waals surface area (Å²) >= 11 is 0. The van der Waals surface area contributed by atoms with Gasteiger partial charge in [0.1, 0.15) is 11.6 Å². The van der Waals surface area contributed by atoms with Crippen molar-refractivity contribution in [2.45, 2.75) is 6.42 Å². The van der Waals surface area contributed by atoms with Gasteiger partial charge < -0.3 is 10.2 Å². The summed E-state index contributed by atoms with van der Waals surface area (Å²) < 4.78 is 12.7. The number of rotatable bonds is 3. The fourth-order valence-electron chi connectivity index (χ4n) is 1.39. The highest BCUT2D eigenvalue weighted by molar-refractivity contribution is 6.01. The van der Waals surface area contributed by atoms with Crippen LogP contribution in [-0.2, 0) is 6.42 Å². The van der Waals surface area contributed by atoms with Gasteiger partial charge in [-0.25, -0.2) is 9.37 Å². The molecule has 0 radical (unpaired) electrons. The standard InChI is InChI=1S/C11H10FN3O/c12-9-3-1-8(2-4-9)10(15-16)7-11-13-5-6-14-11/h1-6,16H,7H2,(H,13,14)/b15-10-. The summed E-state index contributed by atoms with van der Waals surface area (Å²) in [4.78, 5) is 6.93. The van der Waals surface area contributed by atoms with Gasteiger partial charge in [-0.15, -0.1) is 0 Å². The fraction of sp³-hybridized carbons (Fsp3) is 0.0909. The number of aromatic nitrogens is 2. The first kappa shape index (κ1) is 10.4. The third-order valence-corrected chi connectivity index (χ3v) is 2.19. The summed E-state index contributed by atoms with van der Waals surface area (Å²) in [6.45, 7) is 0. The number of hydrogen-bond acceptors (Lipinski definition) is 3. The van der Waals surface area contributed by atoms with Crippen molar-refractivity contribution in [3.05, 3.63) is 53.9 Å². The lowest BCUT2D eigenvalue weighted by Gasteiger charge is -2.02. The summed E-state index contributed by atoms with van der Waals surface area (Å²) in [6.07, 6.45) is 3.68. The molecule has 1 aromatic carbocycles. The summed E-state index contributed by atoms with van der Waals surface area (Å²) in [6, 6.07) is 5.77. The van der Waals surface area contributed by atoms with Crippen LogP contribution in [-0.4, -0.2) is 20.9 Å². The number of oxime groups is 1. The molecular weight excluding hydrogens is 209 g/mol. The first-order chi connectivity index (χ1) is 7.79. The Kier molecular flexibility index (Phi) is 2.95. The molecule has 0 fully saturated rings. The van der Waals surface area contributed by atoms with Gasteiger partial charge in [0.15, 0.2) is 0 Å². The van der Waals surface area contributed by atoms with Crippen LogP contribution in [0.4, 0.5) is 4.39 Å². The molecule has 2 N–H and O–H groups in total. The minimum Gasteiger partial charge on any atom is -0.411 e. The molecule has 16 heavy (non-hydrogen) atoms. The number of halogens is 1. The topological polar surface area (TPSA) is 61.3 Å². The van der Waals surface area contributed by atoms with Crippen LogP contribution in [0.15, 0.2) is 41.8 Å². The van der Waals surface area contributed by atoms with E-state index in [0.29, 0.717) is 23.5 Å². The molecule has 0 atom stereocenters. The van der Waals surface area contributed by atoms with Gasteiger partial charge in [-0.3, -0.25) is 0 Å². The Morgan fingerprint density at radius 1 is 1.38 bits per heavy atom. The Balaban J connectivity index is 2.20. The smallest absolute Gasteiger partial charge is 0.123 e. The molecule has 0 aliphatic carbocycles. The summed E-state index contributed by atoms with van der Waals surface area (Å²) in [5.74, 6) is 0.371. The van der Waals surface area contributed by atoms with E-state index in [1.54, 1.807) is 24.5 Å². The van der Waals surface area contributed by atoms with E-state index in [0.717, 1.165) is 0 Å². The SMILES string of the molecule is O/N=C(/Cc1ncc[nH]1)c1ccc(F)cc1. The molecule has 0 spiro atoms. The van der Waals surface area contributed by atoms with Gasteiger partial charge in [-0.2, -0.15) is 0 Å². The number of H-pyrrole nitrogens is 1. The molecule has 4 nitrogen and oxygen atoms in total. The molecular formula is C11H10FN3O. The minimum atomic E-state index is -0.320. The van der Waals surface area contributed by atoms with Crippen LogP contribution in [0.5, 0.6) is 0 Å². The Hall–Kier alpha value is -2.17. The van der Waals surface area contributed by atoms with E-state index in [9.17, 15) is 4.39 Å². The molecule has 82 valence electrons. The molecule has 5 heteroatoms. The molecule has 1 aromatic heterocycles. The number of aromatic amines is 1. The summed E-state index contributed by atoms with van der Waals surface area (Å²) in [7, 11) is 0. The van der Waals surface area contributed by atoms with Crippen LogP contribution in [0, 0.1) is 5.82 Å². The zero-order valence-corrected chi connectivity index (χ0v) is 8.39. The molecule has 2 aromatic rings. The van der Waals surface area contributed by atoms with Crippen molar-refractivity contribution in [3.63, 3.8) is 0 Å². The maximum Gasteiger partial charge on any atom is 0.123 e. The van der Waals surface area contributed by atoms with Crippen molar-refractivity contribution in [2.75, 3.05) is 0 Å². The molecule has 0 aliphatic heterocycles. The second-order valence-electron chi connectivity index (χ2n) is 3.27. The van der Waals surface area contributed by atoms with E-state index in [1.807, 2.05) is 0 Å². The van der Waals surface area contributed by atoms with Gasteiger partial charge in [-0.1, -0.05) is 17.3 Å². The molecule has 1 heterocycles. The molecule has 0 amide bonds. The van der Waals surface area contributed by atoms with Crippen molar-refractivity contribution in [1.82, 2.24) is 9.97 Å². The van der Waals surface area contributed by atoms with Crippen LogP contribution >= 0.6 is 0 Å². The van der Waals surface area contributed by atoms with Gasteiger partial charge in [0.25, 0.3) is 0 Å². The average Bonchev–Trinajstić information content (AvgIpc) is 2.80. The number of nitrogens with one attached hydrogen (secondary N) is 1. The van der Waals surface area contributed by atoms with Crippen LogP contribution in [0.1, 0.15) is 11.4 Å². The zero-order chi connectivity index (χ0) is 11.4. The number of benzene rings is 1. The minimum absolute atomic E-state index is 0.320. The molecule has 0 bridgehead atoms. The fourth-order valence-corrected chi connectivity index (χ4v) is 1.39. The van der Waals surface area contributed by atoms with E-state index in [2.05, 4.69) is 15.1 Å². The maximum atomic E-state index is 12.7. The van der Waals surface area contributed by atoms with Gasteiger partial charge in [0, 0.05) is 12.4 Å². The van der Waals surface area contributed by atoms with Gasteiger partial charge >= 0.3 is 0 Å². The molecule has 0 unspecified atom stereocenters. The Labute approximate surface area is 91.5 Å². The lowest BCUT2D eigenvalue weighted by atomic mass is 10.1. The molecule has 0 saturated heterocycles.